The Balaban J connectivity index is 1.59. The molecule has 146 valence electrons. The van der Waals surface area contributed by atoms with E-state index < -0.39 is 0 Å². The lowest BCUT2D eigenvalue weighted by atomic mass is 10.1. The summed E-state index contributed by atoms with van der Waals surface area (Å²) in [5.41, 5.74) is 3.90. The van der Waals surface area contributed by atoms with Crippen molar-refractivity contribution in [1.82, 2.24) is 9.97 Å². The number of hydrogen-bond donors (Lipinski definition) is 0. The Hall–Kier alpha value is -3.46. The van der Waals surface area contributed by atoms with Gasteiger partial charge in [0.25, 0.3) is 0 Å². The number of nitriles is 1. The molecule has 4 aromatic rings. The summed E-state index contributed by atoms with van der Waals surface area (Å²) in [6.07, 6.45) is 3.54. The number of nitrogens with zero attached hydrogens (tertiary/aromatic N) is 3. The normalized spacial score (nSPS) is 11.1. The fourth-order valence-corrected chi connectivity index (χ4v) is 3.74. The molecular formula is C24H16ClN3OS. The lowest BCUT2D eigenvalue weighted by Gasteiger charge is -2.09. The molecule has 0 amide bonds. The van der Waals surface area contributed by atoms with Crippen molar-refractivity contribution in [2.45, 2.75) is 6.61 Å². The van der Waals surface area contributed by atoms with Crippen molar-refractivity contribution >= 4 is 34.6 Å². The Bertz CT molecular complexity index is 1210. The van der Waals surface area contributed by atoms with Crippen LogP contribution in [-0.2, 0) is 6.61 Å². The minimum atomic E-state index is 0.353. The standard InChI is InChI=1S/C24H16ClN3OS/c25-20-10-8-17(9-11-20)22-16-30-24(28-22)19(14-26)13-18-5-1-2-7-23(18)29-15-21-6-3-4-12-27-21/h1-13,16H,15H2/b19-13+. The summed E-state index contributed by atoms with van der Waals surface area (Å²) in [6.45, 7) is 0.353. The van der Waals surface area contributed by atoms with Crippen molar-refractivity contribution in [3.63, 3.8) is 0 Å². The largest absolute Gasteiger partial charge is 0.487 e. The summed E-state index contributed by atoms with van der Waals surface area (Å²) >= 11 is 7.39. The van der Waals surface area contributed by atoms with Crippen LogP contribution in [-0.4, -0.2) is 9.97 Å². The van der Waals surface area contributed by atoms with E-state index in [9.17, 15) is 5.26 Å². The molecule has 0 fully saturated rings. The maximum Gasteiger partial charge on any atom is 0.134 e. The van der Waals surface area contributed by atoms with E-state index >= 15 is 0 Å². The van der Waals surface area contributed by atoms with E-state index in [0.717, 1.165) is 22.5 Å². The van der Waals surface area contributed by atoms with E-state index in [1.165, 1.54) is 11.3 Å². The molecule has 4 rings (SSSR count). The molecular weight excluding hydrogens is 414 g/mol. The van der Waals surface area contributed by atoms with Gasteiger partial charge in [0.2, 0.25) is 0 Å². The minimum absolute atomic E-state index is 0.353. The van der Waals surface area contributed by atoms with Crippen molar-refractivity contribution in [3.8, 4) is 23.1 Å². The zero-order chi connectivity index (χ0) is 20.8. The van der Waals surface area contributed by atoms with E-state index in [1.54, 1.807) is 12.3 Å². The van der Waals surface area contributed by atoms with Crippen molar-refractivity contribution in [2.75, 3.05) is 0 Å². The first kappa shape index (κ1) is 19.8. The Labute approximate surface area is 183 Å². The van der Waals surface area contributed by atoms with Crippen LogP contribution in [0.5, 0.6) is 5.75 Å². The van der Waals surface area contributed by atoms with Gasteiger partial charge in [-0.05, 0) is 36.4 Å². The number of rotatable bonds is 6. The van der Waals surface area contributed by atoms with Crippen molar-refractivity contribution in [3.05, 3.63) is 99.6 Å². The van der Waals surface area contributed by atoms with E-state index in [1.807, 2.05) is 72.1 Å². The smallest absolute Gasteiger partial charge is 0.134 e. The van der Waals surface area contributed by atoms with Crippen molar-refractivity contribution < 1.29 is 4.74 Å². The highest BCUT2D eigenvalue weighted by molar-refractivity contribution is 7.11. The van der Waals surface area contributed by atoms with Crippen LogP contribution < -0.4 is 4.74 Å². The number of allylic oxidation sites excluding steroid dienone is 1. The van der Waals surface area contributed by atoms with Crippen LogP contribution in [0.3, 0.4) is 0 Å². The van der Waals surface area contributed by atoms with Gasteiger partial charge in [-0.3, -0.25) is 4.98 Å². The Morgan fingerprint density at radius 2 is 1.87 bits per heavy atom. The van der Waals surface area contributed by atoms with Gasteiger partial charge in [0, 0.05) is 27.7 Å². The SMILES string of the molecule is N#C/C(=C\c1ccccc1OCc1ccccn1)c1nc(-c2ccc(Cl)cc2)cs1. The molecule has 4 nitrogen and oxygen atoms in total. The van der Waals surface area contributed by atoms with Gasteiger partial charge in [-0.2, -0.15) is 5.26 Å². The second-order valence-electron chi connectivity index (χ2n) is 6.36. The average molecular weight is 430 g/mol. The maximum absolute atomic E-state index is 9.74. The third-order valence-electron chi connectivity index (χ3n) is 4.32. The highest BCUT2D eigenvalue weighted by Crippen LogP contribution is 2.30. The van der Waals surface area contributed by atoms with Crippen LogP contribution in [0.25, 0.3) is 22.9 Å². The van der Waals surface area contributed by atoms with Crippen LogP contribution >= 0.6 is 22.9 Å². The highest BCUT2D eigenvalue weighted by atomic mass is 35.5. The molecule has 0 aliphatic rings. The van der Waals surface area contributed by atoms with Crippen molar-refractivity contribution in [2.24, 2.45) is 0 Å². The van der Waals surface area contributed by atoms with Gasteiger partial charge in [-0.15, -0.1) is 11.3 Å². The molecule has 0 atom stereocenters. The first-order valence-electron chi connectivity index (χ1n) is 9.18. The van der Waals surface area contributed by atoms with Gasteiger partial charge in [0.1, 0.15) is 23.4 Å². The topological polar surface area (TPSA) is 58.8 Å². The molecule has 0 spiro atoms. The van der Waals surface area contributed by atoms with Gasteiger partial charge in [0.15, 0.2) is 0 Å². The summed E-state index contributed by atoms with van der Waals surface area (Å²) in [4.78, 5) is 8.91. The Kier molecular flexibility index (Phi) is 6.19. The molecule has 6 heteroatoms. The lowest BCUT2D eigenvalue weighted by molar-refractivity contribution is 0.300. The first-order valence-corrected chi connectivity index (χ1v) is 10.4. The molecule has 0 saturated carbocycles. The third kappa shape index (κ3) is 4.74. The predicted octanol–water partition coefficient (Wildman–Crippen LogP) is 6.50. The van der Waals surface area contributed by atoms with Gasteiger partial charge in [-0.1, -0.05) is 48.0 Å². The number of aromatic nitrogens is 2. The molecule has 0 N–H and O–H groups in total. The zero-order valence-corrected chi connectivity index (χ0v) is 17.4. The van der Waals surface area contributed by atoms with Crippen molar-refractivity contribution in [1.29, 1.82) is 5.26 Å². The highest BCUT2D eigenvalue weighted by Gasteiger charge is 2.11. The molecule has 30 heavy (non-hydrogen) atoms. The molecule has 2 aromatic carbocycles. The predicted molar refractivity (Wildman–Crippen MR) is 121 cm³/mol. The number of benzene rings is 2. The number of hydrogen-bond acceptors (Lipinski definition) is 5. The number of halogens is 1. The van der Waals surface area contributed by atoms with E-state index in [4.69, 9.17) is 16.3 Å². The number of pyridine rings is 1. The molecule has 0 unspecified atom stereocenters. The minimum Gasteiger partial charge on any atom is -0.487 e. The van der Waals surface area contributed by atoms with Gasteiger partial charge >= 0.3 is 0 Å². The van der Waals surface area contributed by atoms with Gasteiger partial charge < -0.3 is 4.74 Å². The molecule has 0 aliphatic heterocycles. The summed E-state index contributed by atoms with van der Waals surface area (Å²) in [6, 6.07) is 23.1. The summed E-state index contributed by atoms with van der Waals surface area (Å²) < 4.78 is 5.94. The quantitative estimate of drug-likeness (QED) is 0.328. The molecule has 0 bridgehead atoms. The van der Waals surface area contributed by atoms with Crippen LogP contribution in [0.15, 0.2) is 78.3 Å². The fourth-order valence-electron chi connectivity index (χ4n) is 2.81. The van der Waals surface area contributed by atoms with Gasteiger partial charge in [-0.25, -0.2) is 4.98 Å². The van der Waals surface area contributed by atoms with Gasteiger partial charge in [0.05, 0.1) is 17.0 Å². The van der Waals surface area contributed by atoms with Crippen LogP contribution in [0.1, 0.15) is 16.3 Å². The maximum atomic E-state index is 9.74. The monoisotopic (exact) mass is 429 g/mol. The summed E-state index contributed by atoms with van der Waals surface area (Å²) in [5.74, 6) is 0.686. The lowest BCUT2D eigenvalue weighted by Crippen LogP contribution is -1.98. The average Bonchev–Trinajstić information content (AvgIpc) is 3.28. The summed E-state index contributed by atoms with van der Waals surface area (Å²) in [7, 11) is 0. The first-order chi connectivity index (χ1) is 14.7. The molecule has 2 heterocycles. The number of thiazole rings is 1. The molecule has 0 radical (unpaired) electrons. The number of ether oxygens (including phenoxy) is 1. The van der Waals surface area contributed by atoms with E-state index in [2.05, 4.69) is 16.0 Å². The van der Waals surface area contributed by atoms with Crippen LogP contribution in [0.4, 0.5) is 0 Å². The van der Waals surface area contributed by atoms with E-state index in [-0.39, 0.29) is 0 Å². The van der Waals surface area contributed by atoms with E-state index in [0.29, 0.717) is 28.0 Å². The second-order valence-corrected chi connectivity index (χ2v) is 7.66. The molecule has 0 saturated heterocycles. The molecule has 2 aromatic heterocycles. The molecule has 0 aliphatic carbocycles. The Morgan fingerprint density at radius 3 is 2.63 bits per heavy atom. The third-order valence-corrected chi connectivity index (χ3v) is 5.44. The second kappa shape index (κ2) is 9.36. The number of para-hydroxylation sites is 1. The summed E-state index contributed by atoms with van der Waals surface area (Å²) in [5, 5.41) is 13.0. The fraction of sp³-hybridized carbons (Fsp3) is 0.0417. The zero-order valence-electron chi connectivity index (χ0n) is 15.8. The Morgan fingerprint density at radius 1 is 1.07 bits per heavy atom. The van der Waals surface area contributed by atoms with Crippen LogP contribution in [0, 0.1) is 11.3 Å². The van der Waals surface area contributed by atoms with Crippen LogP contribution in [0.2, 0.25) is 5.02 Å².